The molecule has 0 amide bonds. The Labute approximate surface area is 91.8 Å². The molecule has 0 aromatic heterocycles. The van der Waals surface area contributed by atoms with Crippen molar-refractivity contribution >= 4 is 5.97 Å². The van der Waals surface area contributed by atoms with E-state index in [9.17, 15) is 4.79 Å². The second-order valence-electron chi connectivity index (χ2n) is 4.56. The maximum atomic E-state index is 10.6. The zero-order valence-electron chi connectivity index (χ0n) is 9.70. The monoisotopic (exact) mass is 211 g/mol. The number of rotatable bonds is 5. The lowest BCUT2D eigenvalue weighted by Gasteiger charge is -2.19. The third-order valence-electron chi connectivity index (χ3n) is 3.09. The molecule has 1 saturated carbocycles. The van der Waals surface area contributed by atoms with Crippen LogP contribution in [0.3, 0.4) is 0 Å². The van der Waals surface area contributed by atoms with Crippen molar-refractivity contribution in [3.05, 3.63) is 11.6 Å². The summed E-state index contributed by atoms with van der Waals surface area (Å²) in [7, 11) is 2.06. The lowest BCUT2D eigenvalue weighted by Crippen LogP contribution is -2.25. The first-order valence-electron chi connectivity index (χ1n) is 5.68. The Morgan fingerprint density at radius 3 is 2.60 bits per heavy atom. The molecule has 0 aromatic carbocycles. The molecule has 1 fully saturated rings. The number of carbonyl (C=O) groups is 1. The highest BCUT2D eigenvalue weighted by molar-refractivity contribution is 5.85. The van der Waals surface area contributed by atoms with Crippen molar-refractivity contribution in [2.24, 2.45) is 5.92 Å². The van der Waals surface area contributed by atoms with Crippen LogP contribution in [0.2, 0.25) is 0 Å². The van der Waals surface area contributed by atoms with E-state index in [0.717, 1.165) is 19.0 Å². The predicted octanol–water partition coefficient (Wildman–Crippen LogP) is 2.14. The second-order valence-corrected chi connectivity index (χ2v) is 4.56. The Kier molecular flexibility index (Phi) is 4.82. The van der Waals surface area contributed by atoms with E-state index in [4.69, 9.17) is 5.11 Å². The summed E-state index contributed by atoms with van der Waals surface area (Å²) >= 11 is 0. The summed E-state index contributed by atoms with van der Waals surface area (Å²) in [5, 5.41) is 8.69. The van der Waals surface area contributed by atoms with Gasteiger partial charge in [0.05, 0.1) is 0 Å². The van der Waals surface area contributed by atoms with E-state index in [2.05, 4.69) is 11.9 Å². The Hall–Kier alpha value is -0.830. The molecule has 3 nitrogen and oxygen atoms in total. The standard InChI is InChI=1S/C12H21NO2/c1-10(12(14)15)7-8-13(2)9-11-5-3-4-6-11/h7,11H,3-6,8-9H2,1-2H3,(H,14,15). The van der Waals surface area contributed by atoms with Crippen LogP contribution in [-0.2, 0) is 4.79 Å². The zero-order valence-corrected chi connectivity index (χ0v) is 9.70. The smallest absolute Gasteiger partial charge is 0.330 e. The van der Waals surface area contributed by atoms with E-state index in [1.165, 1.54) is 25.7 Å². The first-order valence-corrected chi connectivity index (χ1v) is 5.68. The van der Waals surface area contributed by atoms with E-state index in [1.807, 2.05) is 0 Å². The number of hydrogen-bond donors (Lipinski definition) is 1. The lowest BCUT2D eigenvalue weighted by molar-refractivity contribution is -0.132. The molecule has 1 aliphatic carbocycles. The van der Waals surface area contributed by atoms with E-state index in [-0.39, 0.29) is 0 Å². The summed E-state index contributed by atoms with van der Waals surface area (Å²) in [6, 6.07) is 0. The summed E-state index contributed by atoms with van der Waals surface area (Å²) in [6.07, 6.45) is 7.19. The Balaban J connectivity index is 2.26. The minimum Gasteiger partial charge on any atom is -0.478 e. The summed E-state index contributed by atoms with van der Waals surface area (Å²) in [5.41, 5.74) is 0.438. The van der Waals surface area contributed by atoms with Crippen LogP contribution in [0.5, 0.6) is 0 Å². The van der Waals surface area contributed by atoms with E-state index < -0.39 is 5.97 Å². The molecule has 0 spiro atoms. The second kappa shape index (κ2) is 5.91. The molecule has 0 aromatic rings. The van der Waals surface area contributed by atoms with Crippen LogP contribution in [0.4, 0.5) is 0 Å². The SMILES string of the molecule is CC(=CCN(C)CC1CCCC1)C(=O)O. The fourth-order valence-corrected chi connectivity index (χ4v) is 2.09. The highest BCUT2D eigenvalue weighted by Gasteiger charge is 2.16. The molecular formula is C12H21NO2. The Morgan fingerprint density at radius 2 is 2.07 bits per heavy atom. The number of hydrogen-bond acceptors (Lipinski definition) is 2. The number of nitrogens with zero attached hydrogens (tertiary/aromatic N) is 1. The van der Waals surface area contributed by atoms with Gasteiger partial charge < -0.3 is 10.0 Å². The summed E-state index contributed by atoms with van der Waals surface area (Å²) < 4.78 is 0. The van der Waals surface area contributed by atoms with E-state index >= 15 is 0 Å². The van der Waals surface area contributed by atoms with Crippen LogP contribution in [0, 0.1) is 5.92 Å². The van der Waals surface area contributed by atoms with Crippen molar-refractivity contribution in [2.75, 3.05) is 20.1 Å². The van der Waals surface area contributed by atoms with Crippen molar-refractivity contribution in [2.45, 2.75) is 32.6 Å². The molecule has 86 valence electrons. The molecule has 3 heteroatoms. The van der Waals surface area contributed by atoms with E-state index in [1.54, 1.807) is 13.0 Å². The number of carboxylic acid groups (broad SMARTS) is 1. The third-order valence-corrected chi connectivity index (χ3v) is 3.09. The Morgan fingerprint density at radius 1 is 1.47 bits per heavy atom. The van der Waals surface area contributed by atoms with Gasteiger partial charge in [-0.15, -0.1) is 0 Å². The zero-order chi connectivity index (χ0) is 11.3. The summed E-state index contributed by atoms with van der Waals surface area (Å²) in [6.45, 7) is 3.49. The minimum atomic E-state index is -0.815. The van der Waals surface area contributed by atoms with Gasteiger partial charge in [0.1, 0.15) is 0 Å². The van der Waals surface area contributed by atoms with Crippen molar-refractivity contribution in [3.63, 3.8) is 0 Å². The van der Waals surface area contributed by atoms with Crippen molar-refractivity contribution < 1.29 is 9.90 Å². The minimum absolute atomic E-state index is 0.438. The average Bonchev–Trinajstić information content (AvgIpc) is 2.66. The topological polar surface area (TPSA) is 40.5 Å². The maximum absolute atomic E-state index is 10.6. The molecule has 0 aliphatic heterocycles. The molecule has 0 unspecified atom stereocenters. The van der Waals surface area contributed by atoms with Crippen molar-refractivity contribution in [1.29, 1.82) is 0 Å². The summed E-state index contributed by atoms with van der Waals surface area (Å²) in [4.78, 5) is 12.8. The third kappa shape index (κ3) is 4.47. The molecule has 15 heavy (non-hydrogen) atoms. The van der Waals surface area contributed by atoms with E-state index in [0.29, 0.717) is 5.57 Å². The van der Waals surface area contributed by atoms with Gasteiger partial charge in [-0.1, -0.05) is 18.9 Å². The first kappa shape index (κ1) is 12.2. The average molecular weight is 211 g/mol. The predicted molar refractivity (Wildman–Crippen MR) is 60.8 cm³/mol. The molecule has 1 aliphatic rings. The molecule has 1 N–H and O–H groups in total. The largest absolute Gasteiger partial charge is 0.478 e. The normalized spacial score (nSPS) is 18.7. The quantitative estimate of drug-likeness (QED) is 0.708. The van der Waals surface area contributed by atoms with Gasteiger partial charge in [0.25, 0.3) is 0 Å². The van der Waals surface area contributed by atoms with Crippen LogP contribution in [-0.4, -0.2) is 36.1 Å². The van der Waals surface area contributed by atoms with Gasteiger partial charge in [-0.25, -0.2) is 4.79 Å². The van der Waals surface area contributed by atoms with Crippen molar-refractivity contribution in [3.8, 4) is 0 Å². The maximum Gasteiger partial charge on any atom is 0.330 e. The van der Waals surface area contributed by atoms with Crippen LogP contribution in [0.15, 0.2) is 11.6 Å². The fourth-order valence-electron chi connectivity index (χ4n) is 2.09. The number of aliphatic carboxylic acids is 1. The molecule has 0 atom stereocenters. The molecule has 0 bridgehead atoms. The van der Waals surface area contributed by atoms with Gasteiger partial charge in [-0.2, -0.15) is 0 Å². The van der Waals surface area contributed by atoms with Crippen molar-refractivity contribution in [1.82, 2.24) is 4.90 Å². The summed E-state index contributed by atoms with van der Waals surface area (Å²) in [5.74, 6) is 0.0119. The van der Waals surface area contributed by atoms with Gasteiger partial charge in [-0.3, -0.25) is 0 Å². The highest BCUT2D eigenvalue weighted by atomic mass is 16.4. The van der Waals surface area contributed by atoms with Crippen LogP contribution in [0.25, 0.3) is 0 Å². The lowest BCUT2D eigenvalue weighted by atomic mass is 10.1. The molecule has 0 radical (unpaired) electrons. The number of likely N-dealkylation sites (N-methyl/N-ethyl adjacent to an activating group) is 1. The van der Waals surface area contributed by atoms with Crippen LogP contribution < -0.4 is 0 Å². The molecule has 0 heterocycles. The molecular weight excluding hydrogens is 190 g/mol. The highest BCUT2D eigenvalue weighted by Crippen LogP contribution is 2.24. The van der Waals surface area contributed by atoms with Gasteiger partial charge in [0.15, 0.2) is 0 Å². The van der Waals surface area contributed by atoms with Gasteiger partial charge in [0.2, 0.25) is 0 Å². The molecule has 1 rings (SSSR count). The number of carboxylic acids is 1. The first-order chi connectivity index (χ1) is 7.09. The van der Waals surface area contributed by atoms with Crippen LogP contribution in [0.1, 0.15) is 32.6 Å². The Bertz CT molecular complexity index is 242. The van der Waals surface area contributed by atoms with Gasteiger partial charge in [-0.05, 0) is 32.7 Å². The fraction of sp³-hybridized carbons (Fsp3) is 0.750. The molecule has 0 saturated heterocycles. The van der Waals surface area contributed by atoms with Crippen LogP contribution >= 0.6 is 0 Å². The van der Waals surface area contributed by atoms with Gasteiger partial charge >= 0.3 is 5.97 Å². The van der Waals surface area contributed by atoms with Gasteiger partial charge in [0, 0.05) is 18.7 Å².